The molecule has 3 nitrogen and oxygen atoms in total. The average Bonchev–Trinajstić information content (AvgIpc) is 2.08. The van der Waals surface area contributed by atoms with Crippen LogP contribution in [0.2, 0.25) is 0 Å². The van der Waals surface area contributed by atoms with Crippen molar-refractivity contribution in [3.05, 3.63) is 23.3 Å². The first-order valence-corrected chi connectivity index (χ1v) is 2.70. The molecule has 0 aliphatic heterocycles. The zero-order valence-electron chi connectivity index (χ0n) is 5.91. The van der Waals surface area contributed by atoms with E-state index in [0.29, 0.717) is 0 Å². The molecule has 0 amide bonds. The Balaban J connectivity index is 0.00000144. The maximum atomic E-state index is 12.3. The van der Waals surface area contributed by atoms with E-state index in [0.717, 1.165) is 0 Å². The number of halogens is 4. The first-order chi connectivity index (χ1) is 5.46. The quantitative estimate of drug-likeness (QED) is 0.370. The lowest BCUT2D eigenvalue weighted by atomic mass is 10.2. The number of aromatic hydroxyl groups is 2. The third-order valence-corrected chi connectivity index (χ3v) is 1.22. The van der Waals surface area contributed by atoms with Gasteiger partial charge in [0.25, 0.3) is 0 Å². The topological polar surface area (TPSA) is 72.0 Å². The molecule has 0 fully saturated rings. The van der Waals surface area contributed by atoms with Crippen LogP contribution in [0.1, 0.15) is 0 Å². The van der Waals surface area contributed by atoms with Gasteiger partial charge in [0, 0.05) is 0 Å². The molecule has 1 aromatic rings. The molecule has 0 atom stereocenters. The van der Waals surface area contributed by atoms with E-state index in [2.05, 4.69) is 0 Å². The fourth-order valence-electron chi connectivity index (χ4n) is 0.609. The van der Waals surface area contributed by atoms with Crippen molar-refractivity contribution in [3.8, 4) is 11.5 Å². The Morgan fingerprint density at radius 3 is 1.23 bits per heavy atom. The molecule has 1 aromatic carbocycles. The summed E-state index contributed by atoms with van der Waals surface area (Å²) in [5, 5.41) is 16.8. The van der Waals surface area contributed by atoms with Crippen LogP contribution in [0.4, 0.5) is 17.6 Å². The summed E-state index contributed by atoms with van der Waals surface area (Å²) in [5.41, 5.74) is 0. The van der Waals surface area contributed by atoms with E-state index in [1.54, 1.807) is 0 Å². The van der Waals surface area contributed by atoms with Crippen LogP contribution in [-0.4, -0.2) is 15.7 Å². The van der Waals surface area contributed by atoms with Crippen LogP contribution in [0.3, 0.4) is 0 Å². The van der Waals surface area contributed by atoms with E-state index in [-0.39, 0.29) is 5.48 Å². The lowest BCUT2D eigenvalue weighted by Crippen LogP contribution is -1.95. The highest BCUT2D eigenvalue weighted by Gasteiger charge is 2.24. The predicted octanol–water partition coefficient (Wildman–Crippen LogP) is 0.829. The number of benzene rings is 1. The summed E-state index contributed by atoms with van der Waals surface area (Å²) in [4.78, 5) is 0. The Bertz CT molecular complexity index is 234. The number of hydrogen-bond donors (Lipinski definition) is 2. The van der Waals surface area contributed by atoms with E-state index in [9.17, 15) is 17.6 Å². The number of phenolic OH excluding ortho intramolecular Hbond substituents is 2. The van der Waals surface area contributed by atoms with Gasteiger partial charge < -0.3 is 15.7 Å². The van der Waals surface area contributed by atoms with Gasteiger partial charge in [-0.25, -0.2) is 4.39 Å². The molecule has 0 radical (unpaired) electrons. The summed E-state index contributed by atoms with van der Waals surface area (Å²) in [6.07, 6.45) is 0. The third kappa shape index (κ3) is 1.50. The van der Waals surface area contributed by atoms with E-state index in [1.165, 1.54) is 0 Å². The molecule has 0 heterocycles. The van der Waals surface area contributed by atoms with Gasteiger partial charge in [-0.05, 0) is 0 Å². The largest absolute Gasteiger partial charge is 0.503 e. The van der Waals surface area contributed by atoms with Crippen molar-refractivity contribution in [1.29, 1.82) is 0 Å². The summed E-state index contributed by atoms with van der Waals surface area (Å²) in [6, 6.07) is 0. The zero-order valence-corrected chi connectivity index (χ0v) is 5.91. The van der Waals surface area contributed by atoms with Crippen LogP contribution in [0, 0.1) is 23.3 Å². The maximum Gasteiger partial charge on any atom is 0.212 e. The van der Waals surface area contributed by atoms with Gasteiger partial charge in [0.1, 0.15) is 0 Å². The van der Waals surface area contributed by atoms with Crippen LogP contribution < -0.4 is 0 Å². The van der Waals surface area contributed by atoms with Gasteiger partial charge in [0.15, 0.2) is 11.5 Å². The van der Waals surface area contributed by atoms with Gasteiger partial charge in [-0.2, -0.15) is 13.2 Å². The fraction of sp³-hybridized carbons (Fsp3) is 0. The Hall–Kier alpha value is -1.50. The first-order valence-electron chi connectivity index (χ1n) is 2.70. The Morgan fingerprint density at radius 1 is 0.615 bits per heavy atom. The molecule has 0 unspecified atom stereocenters. The van der Waals surface area contributed by atoms with Crippen molar-refractivity contribution in [3.63, 3.8) is 0 Å². The van der Waals surface area contributed by atoms with Crippen molar-refractivity contribution in [2.24, 2.45) is 0 Å². The normalized spacial score (nSPS) is 9.54. The molecule has 4 N–H and O–H groups in total. The van der Waals surface area contributed by atoms with Crippen molar-refractivity contribution in [2.75, 3.05) is 0 Å². The van der Waals surface area contributed by atoms with Gasteiger partial charge in [0.05, 0.1) is 0 Å². The number of rotatable bonds is 0. The molecule has 0 saturated heterocycles. The molecule has 0 aliphatic carbocycles. The van der Waals surface area contributed by atoms with Crippen molar-refractivity contribution >= 4 is 0 Å². The molecule has 0 spiro atoms. The Kier molecular flexibility index (Phi) is 3.08. The summed E-state index contributed by atoms with van der Waals surface area (Å²) in [6.45, 7) is 0. The van der Waals surface area contributed by atoms with E-state index in [4.69, 9.17) is 10.2 Å². The van der Waals surface area contributed by atoms with Crippen LogP contribution >= 0.6 is 0 Å². The minimum absolute atomic E-state index is 0. The zero-order chi connectivity index (χ0) is 9.46. The van der Waals surface area contributed by atoms with Crippen LogP contribution in [0.15, 0.2) is 0 Å². The molecule has 0 aromatic heterocycles. The Labute approximate surface area is 69.2 Å². The smallest absolute Gasteiger partial charge is 0.212 e. The van der Waals surface area contributed by atoms with E-state index in [1.807, 2.05) is 0 Å². The second kappa shape index (κ2) is 3.48. The monoisotopic (exact) mass is 200 g/mol. The second-order valence-corrected chi connectivity index (χ2v) is 1.95. The molecule has 7 heteroatoms. The van der Waals surface area contributed by atoms with Crippen molar-refractivity contribution < 1.29 is 33.3 Å². The van der Waals surface area contributed by atoms with Crippen LogP contribution in [-0.2, 0) is 0 Å². The lowest BCUT2D eigenvalue weighted by molar-refractivity contribution is 0.319. The molecular weight excluding hydrogens is 196 g/mol. The molecule has 74 valence electrons. The van der Waals surface area contributed by atoms with Gasteiger partial charge in [-0.15, -0.1) is 0 Å². The Morgan fingerprint density at radius 2 is 0.923 bits per heavy atom. The van der Waals surface area contributed by atoms with Gasteiger partial charge in [-0.3, -0.25) is 0 Å². The third-order valence-electron chi connectivity index (χ3n) is 1.22. The van der Waals surface area contributed by atoms with Gasteiger partial charge in [-0.1, -0.05) is 0 Å². The molecule has 1 rings (SSSR count). The van der Waals surface area contributed by atoms with Crippen LogP contribution in [0.5, 0.6) is 11.5 Å². The first kappa shape index (κ1) is 11.5. The molecule has 0 bridgehead atoms. The molecular formula is C6H4F4O3. The summed E-state index contributed by atoms with van der Waals surface area (Å²) in [7, 11) is 0. The van der Waals surface area contributed by atoms with E-state index >= 15 is 0 Å². The highest BCUT2D eigenvalue weighted by Crippen LogP contribution is 2.32. The highest BCUT2D eigenvalue weighted by molar-refractivity contribution is 5.37. The summed E-state index contributed by atoms with van der Waals surface area (Å²) in [5.74, 6) is -11.7. The molecule has 13 heavy (non-hydrogen) atoms. The second-order valence-electron chi connectivity index (χ2n) is 1.95. The SMILES string of the molecule is O.Oc1c(F)c(O)c(F)c(F)c1F. The number of hydrogen-bond acceptors (Lipinski definition) is 2. The van der Waals surface area contributed by atoms with Crippen LogP contribution in [0.25, 0.3) is 0 Å². The minimum Gasteiger partial charge on any atom is -0.503 e. The van der Waals surface area contributed by atoms with Gasteiger partial charge >= 0.3 is 0 Å². The number of phenols is 2. The van der Waals surface area contributed by atoms with Crippen molar-refractivity contribution in [1.82, 2.24) is 0 Å². The lowest BCUT2D eigenvalue weighted by Gasteiger charge is -2.02. The van der Waals surface area contributed by atoms with Crippen molar-refractivity contribution in [2.45, 2.75) is 0 Å². The van der Waals surface area contributed by atoms with Gasteiger partial charge in [0.2, 0.25) is 23.3 Å². The molecule has 0 aliphatic rings. The standard InChI is InChI=1S/C6H2F4O2.H2O/c7-1-2(8)5(11)4(10)6(12)3(1)9;/h11-12H;1H2. The minimum atomic E-state index is -2.12. The fourth-order valence-corrected chi connectivity index (χ4v) is 0.609. The van der Waals surface area contributed by atoms with E-state index < -0.39 is 34.8 Å². The maximum absolute atomic E-state index is 12.3. The predicted molar refractivity (Wildman–Crippen MR) is 33.2 cm³/mol. The average molecular weight is 200 g/mol. The summed E-state index contributed by atoms with van der Waals surface area (Å²) < 4.78 is 48.9. The summed E-state index contributed by atoms with van der Waals surface area (Å²) >= 11 is 0. The highest BCUT2D eigenvalue weighted by atomic mass is 19.2. The molecule has 0 saturated carbocycles.